The number of nitrogens with one attached hydrogen (secondary N) is 1. The van der Waals surface area contributed by atoms with E-state index in [9.17, 15) is 0 Å². The molecular formula is C15H23N. The van der Waals surface area contributed by atoms with Gasteiger partial charge >= 0.3 is 0 Å². The van der Waals surface area contributed by atoms with Crippen LogP contribution in [0.3, 0.4) is 0 Å². The van der Waals surface area contributed by atoms with Gasteiger partial charge in [-0.05, 0) is 31.9 Å². The molecule has 88 valence electrons. The normalized spacial score (nSPS) is 12.2. The summed E-state index contributed by atoms with van der Waals surface area (Å²) in [5.41, 5.74) is 3.98. The first-order valence-electron chi connectivity index (χ1n) is 6.02. The Morgan fingerprint density at radius 3 is 2.44 bits per heavy atom. The Hall–Kier alpha value is -1.08. The molecule has 0 spiro atoms. The highest BCUT2D eigenvalue weighted by molar-refractivity contribution is 5.53. The van der Waals surface area contributed by atoms with Gasteiger partial charge in [0.25, 0.3) is 0 Å². The van der Waals surface area contributed by atoms with Gasteiger partial charge in [-0.2, -0.15) is 0 Å². The van der Waals surface area contributed by atoms with Crippen molar-refractivity contribution in [2.24, 2.45) is 5.92 Å². The Labute approximate surface area is 99.6 Å². The van der Waals surface area contributed by atoms with Crippen LogP contribution in [0.4, 0.5) is 0 Å². The van der Waals surface area contributed by atoms with Gasteiger partial charge in [0.15, 0.2) is 0 Å². The minimum Gasteiger partial charge on any atom is -0.313 e. The molecule has 0 fully saturated rings. The number of rotatable bonds is 5. The molecular weight excluding hydrogens is 194 g/mol. The third kappa shape index (κ3) is 5.13. The van der Waals surface area contributed by atoms with E-state index in [4.69, 9.17) is 0 Å². The van der Waals surface area contributed by atoms with Crippen LogP contribution in [0.2, 0.25) is 0 Å². The molecule has 1 aromatic rings. The zero-order chi connectivity index (χ0) is 12.0. The van der Waals surface area contributed by atoms with Gasteiger partial charge in [0.2, 0.25) is 0 Å². The fourth-order valence-corrected chi connectivity index (χ4v) is 1.56. The highest BCUT2D eigenvalue weighted by Gasteiger charge is 1.94. The van der Waals surface area contributed by atoms with Crippen LogP contribution in [0.1, 0.15) is 31.9 Å². The molecule has 1 aromatic carbocycles. The largest absolute Gasteiger partial charge is 0.313 e. The van der Waals surface area contributed by atoms with E-state index < -0.39 is 0 Å². The zero-order valence-corrected chi connectivity index (χ0v) is 10.9. The highest BCUT2D eigenvalue weighted by Crippen LogP contribution is 2.07. The van der Waals surface area contributed by atoms with Crippen LogP contribution in [-0.4, -0.2) is 13.1 Å². The zero-order valence-electron chi connectivity index (χ0n) is 10.9. The first-order valence-corrected chi connectivity index (χ1v) is 6.02. The molecule has 1 heteroatoms. The lowest BCUT2D eigenvalue weighted by atomic mass is 10.1. The molecule has 0 aromatic heterocycles. The van der Waals surface area contributed by atoms with E-state index in [1.54, 1.807) is 0 Å². The summed E-state index contributed by atoms with van der Waals surface area (Å²) in [6.45, 7) is 10.8. The van der Waals surface area contributed by atoms with E-state index in [1.807, 2.05) is 0 Å². The summed E-state index contributed by atoms with van der Waals surface area (Å²) in [6, 6.07) is 8.64. The van der Waals surface area contributed by atoms with E-state index in [2.05, 4.69) is 63.4 Å². The van der Waals surface area contributed by atoms with Crippen molar-refractivity contribution < 1.29 is 0 Å². The van der Waals surface area contributed by atoms with Crippen molar-refractivity contribution >= 4 is 6.08 Å². The number of benzene rings is 1. The minimum absolute atomic E-state index is 0.715. The molecule has 0 amide bonds. The quantitative estimate of drug-likeness (QED) is 0.794. The standard InChI is InChI=1S/C15H23N/c1-12(2)10-16-11-14(4)9-15-7-5-13(3)6-8-15/h5-9,12,16H,10-11H2,1-4H3. The van der Waals surface area contributed by atoms with Gasteiger partial charge in [0.05, 0.1) is 0 Å². The van der Waals surface area contributed by atoms with Crippen molar-refractivity contribution in [1.29, 1.82) is 0 Å². The highest BCUT2D eigenvalue weighted by atomic mass is 14.8. The third-order valence-electron chi connectivity index (χ3n) is 2.45. The van der Waals surface area contributed by atoms with E-state index in [1.165, 1.54) is 16.7 Å². The lowest BCUT2D eigenvalue weighted by Crippen LogP contribution is -2.21. The first kappa shape index (κ1) is 13.0. The van der Waals surface area contributed by atoms with Crippen molar-refractivity contribution in [3.8, 4) is 0 Å². The van der Waals surface area contributed by atoms with Crippen molar-refractivity contribution in [3.05, 3.63) is 41.0 Å². The Morgan fingerprint density at radius 2 is 1.88 bits per heavy atom. The molecule has 1 N–H and O–H groups in total. The summed E-state index contributed by atoms with van der Waals surface area (Å²) >= 11 is 0. The summed E-state index contributed by atoms with van der Waals surface area (Å²) in [5, 5.41) is 3.45. The fourth-order valence-electron chi connectivity index (χ4n) is 1.56. The topological polar surface area (TPSA) is 12.0 Å². The van der Waals surface area contributed by atoms with Crippen molar-refractivity contribution in [3.63, 3.8) is 0 Å². The minimum atomic E-state index is 0.715. The number of hydrogen-bond donors (Lipinski definition) is 1. The van der Waals surface area contributed by atoms with Crippen molar-refractivity contribution in [2.45, 2.75) is 27.7 Å². The Balaban J connectivity index is 2.46. The lowest BCUT2D eigenvalue weighted by molar-refractivity contribution is 0.572. The van der Waals surface area contributed by atoms with E-state index in [-0.39, 0.29) is 0 Å². The summed E-state index contributed by atoms with van der Waals surface area (Å²) in [4.78, 5) is 0. The van der Waals surface area contributed by atoms with Gasteiger partial charge in [-0.25, -0.2) is 0 Å². The van der Waals surface area contributed by atoms with Crippen molar-refractivity contribution in [1.82, 2.24) is 5.32 Å². The summed E-state index contributed by atoms with van der Waals surface area (Å²) in [7, 11) is 0. The predicted octanol–water partition coefficient (Wildman–Crippen LogP) is 3.64. The molecule has 0 saturated carbocycles. The van der Waals surface area contributed by atoms with Gasteiger partial charge in [-0.1, -0.05) is 55.3 Å². The Bertz CT molecular complexity index is 333. The van der Waals surface area contributed by atoms with Gasteiger partial charge in [0, 0.05) is 6.54 Å². The maximum absolute atomic E-state index is 3.45. The molecule has 0 unspecified atom stereocenters. The summed E-state index contributed by atoms with van der Waals surface area (Å²) in [6.07, 6.45) is 2.24. The molecule has 0 aliphatic rings. The second-order valence-electron chi connectivity index (χ2n) is 4.93. The predicted molar refractivity (Wildman–Crippen MR) is 72.5 cm³/mol. The molecule has 0 saturated heterocycles. The molecule has 0 aliphatic heterocycles. The second-order valence-corrected chi connectivity index (χ2v) is 4.93. The van der Waals surface area contributed by atoms with Crippen molar-refractivity contribution in [2.75, 3.05) is 13.1 Å². The average Bonchev–Trinajstić information content (AvgIpc) is 2.21. The third-order valence-corrected chi connectivity index (χ3v) is 2.45. The number of aryl methyl sites for hydroxylation is 1. The van der Waals surface area contributed by atoms with E-state index >= 15 is 0 Å². The van der Waals surface area contributed by atoms with Gasteiger partial charge < -0.3 is 5.32 Å². The van der Waals surface area contributed by atoms with Crippen LogP contribution in [0.15, 0.2) is 29.8 Å². The summed E-state index contributed by atoms with van der Waals surface area (Å²) < 4.78 is 0. The lowest BCUT2D eigenvalue weighted by Gasteiger charge is -2.07. The van der Waals surface area contributed by atoms with Gasteiger partial charge in [-0.3, -0.25) is 0 Å². The Kier molecular flexibility index (Phi) is 5.27. The molecule has 0 heterocycles. The summed E-state index contributed by atoms with van der Waals surface area (Å²) in [5.74, 6) is 0.715. The van der Waals surface area contributed by atoms with Crippen LogP contribution in [-0.2, 0) is 0 Å². The van der Waals surface area contributed by atoms with Gasteiger partial charge in [0.1, 0.15) is 0 Å². The van der Waals surface area contributed by atoms with Crippen LogP contribution in [0.25, 0.3) is 6.08 Å². The molecule has 16 heavy (non-hydrogen) atoms. The van der Waals surface area contributed by atoms with E-state index in [0.29, 0.717) is 5.92 Å². The maximum Gasteiger partial charge on any atom is 0.0165 e. The second kappa shape index (κ2) is 6.49. The molecule has 0 aliphatic carbocycles. The van der Waals surface area contributed by atoms with Crippen LogP contribution >= 0.6 is 0 Å². The SMILES string of the molecule is CC(=Cc1ccc(C)cc1)CNCC(C)C. The van der Waals surface area contributed by atoms with Crippen LogP contribution in [0, 0.1) is 12.8 Å². The molecule has 0 bridgehead atoms. The molecule has 1 nitrogen and oxygen atoms in total. The van der Waals surface area contributed by atoms with E-state index in [0.717, 1.165) is 13.1 Å². The first-order chi connectivity index (χ1) is 7.58. The monoisotopic (exact) mass is 217 g/mol. The average molecular weight is 217 g/mol. The Morgan fingerprint density at radius 1 is 1.25 bits per heavy atom. The fraction of sp³-hybridized carbons (Fsp3) is 0.467. The van der Waals surface area contributed by atoms with Gasteiger partial charge in [-0.15, -0.1) is 0 Å². The number of hydrogen-bond acceptors (Lipinski definition) is 1. The molecule has 1 rings (SSSR count). The van der Waals surface area contributed by atoms with Crippen LogP contribution < -0.4 is 5.32 Å². The smallest absolute Gasteiger partial charge is 0.0165 e. The maximum atomic E-state index is 3.45. The van der Waals surface area contributed by atoms with Crippen LogP contribution in [0.5, 0.6) is 0 Å². The molecule has 0 atom stereocenters. The molecule has 0 radical (unpaired) electrons.